The van der Waals surface area contributed by atoms with E-state index in [9.17, 15) is 4.39 Å². The van der Waals surface area contributed by atoms with Gasteiger partial charge in [-0.2, -0.15) is 0 Å². The van der Waals surface area contributed by atoms with Gasteiger partial charge in [-0.05, 0) is 52.8 Å². The number of nitrogens with zero attached hydrogens (tertiary/aromatic N) is 1. The molecule has 1 aromatic rings. The van der Waals surface area contributed by atoms with Crippen LogP contribution in [0, 0.1) is 12.7 Å². The maximum Gasteiger partial charge on any atom is 0.128 e. The van der Waals surface area contributed by atoms with E-state index in [0.717, 1.165) is 18.7 Å². The van der Waals surface area contributed by atoms with Crippen LogP contribution in [0.15, 0.2) is 18.2 Å². The number of piperidine rings is 1. The second-order valence-electron chi connectivity index (χ2n) is 6.20. The fourth-order valence-electron chi connectivity index (χ4n) is 2.95. The Balaban J connectivity index is 2.25. The summed E-state index contributed by atoms with van der Waals surface area (Å²) in [4.78, 5) is 2.41. The SMILES string of the molecule is Cc1ccc(F)c(C(N)C(C)(C)N2CCCCC2)c1. The van der Waals surface area contributed by atoms with Gasteiger partial charge in [-0.15, -0.1) is 0 Å². The standard InChI is InChI=1S/C16H25FN2/c1-12-7-8-14(17)13(11-12)15(18)16(2,3)19-9-5-4-6-10-19/h7-8,11,15H,4-6,9-10,18H2,1-3H3. The van der Waals surface area contributed by atoms with Gasteiger partial charge in [0.1, 0.15) is 5.82 Å². The molecule has 2 rings (SSSR count). The van der Waals surface area contributed by atoms with E-state index in [0.29, 0.717) is 5.56 Å². The lowest BCUT2D eigenvalue weighted by Gasteiger charge is -2.44. The predicted molar refractivity (Wildman–Crippen MR) is 77.6 cm³/mol. The Morgan fingerprint density at radius 1 is 1.21 bits per heavy atom. The molecule has 0 bridgehead atoms. The molecule has 0 saturated carbocycles. The Morgan fingerprint density at radius 2 is 1.84 bits per heavy atom. The molecule has 0 amide bonds. The lowest BCUT2D eigenvalue weighted by Crippen LogP contribution is -2.53. The van der Waals surface area contributed by atoms with Crippen LogP contribution in [0.3, 0.4) is 0 Å². The topological polar surface area (TPSA) is 29.3 Å². The van der Waals surface area contributed by atoms with E-state index in [2.05, 4.69) is 18.7 Å². The van der Waals surface area contributed by atoms with Crippen LogP contribution in [0.1, 0.15) is 50.3 Å². The van der Waals surface area contributed by atoms with E-state index in [4.69, 9.17) is 5.73 Å². The zero-order valence-corrected chi connectivity index (χ0v) is 12.2. The Kier molecular flexibility index (Phi) is 4.26. The summed E-state index contributed by atoms with van der Waals surface area (Å²) < 4.78 is 14.0. The second-order valence-corrected chi connectivity index (χ2v) is 6.20. The molecule has 2 nitrogen and oxygen atoms in total. The van der Waals surface area contributed by atoms with E-state index in [1.807, 2.05) is 13.0 Å². The Morgan fingerprint density at radius 3 is 2.47 bits per heavy atom. The van der Waals surface area contributed by atoms with E-state index in [1.165, 1.54) is 25.3 Å². The average Bonchev–Trinajstić information content (AvgIpc) is 2.41. The highest BCUT2D eigenvalue weighted by atomic mass is 19.1. The molecule has 1 unspecified atom stereocenters. The van der Waals surface area contributed by atoms with Gasteiger partial charge in [0.15, 0.2) is 0 Å². The van der Waals surface area contributed by atoms with Crippen molar-refractivity contribution in [1.82, 2.24) is 4.90 Å². The molecule has 1 aromatic carbocycles. The van der Waals surface area contributed by atoms with Crippen molar-refractivity contribution >= 4 is 0 Å². The molecule has 0 aromatic heterocycles. The molecule has 1 atom stereocenters. The molecule has 0 spiro atoms. The maximum absolute atomic E-state index is 14.0. The molecule has 1 aliphatic rings. The summed E-state index contributed by atoms with van der Waals surface area (Å²) >= 11 is 0. The molecular weight excluding hydrogens is 239 g/mol. The lowest BCUT2D eigenvalue weighted by atomic mass is 9.85. The van der Waals surface area contributed by atoms with E-state index in [1.54, 1.807) is 6.07 Å². The number of likely N-dealkylation sites (tertiary alicyclic amines) is 1. The fourth-order valence-corrected chi connectivity index (χ4v) is 2.95. The number of rotatable bonds is 3. The Labute approximate surface area is 115 Å². The fraction of sp³-hybridized carbons (Fsp3) is 0.625. The molecule has 2 N–H and O–H groups in total. The summed E-state index contributed by atoms with van der Waals surface area (Å²) in [6, 6.07) is 4.90. The van der Waals surface area contributed by atoms with Crippen LogP contribution in [-0.2, 0) is 0 Å². The van der Waals surface area contributed by atoms with E-state index < -0.39 is 0 Å². The van der Waals surface area contributed by atoms with Gasteiger partial charge in [0.2, 0.25) is 0 Å². The third kappa shape index (κ3) is 2.98. The molecule has 0 aliphatic carbocycles. The first-order chi connectivity index (χ1) is 8.93. The van der Waals surface area contributed by atoms with Crippen molar-refractivity contribution in [3.05, 3.63) is 35.1 Å². The number of halogens is 1. The molecular formula is C16H25FN2. The first kappa shape index (κ1) is 14.5. The van der Waals surface area contributed by atoms with Crippen LogP contribution in [-0.4, -0.2) is 23.5 Å². The number of nitrogens with two attached hydrogens (primary N) is 1. The van der Waals surface area contributed by atoms with Crippen molar-refractivity contribution in [2.75, 3.05) is 13.1 Å². The van der Waals surface area contributed by atoms with Gasteiger partial charge >= 0.3 is 0 Å². The molecule has 1 heterocycles. The first-order valence-corrected chi connectivity index (χ1v) is 7.19. The van der Waals surface area contributed by atoms with Gasteiger partial charge in [0.05, 0.1) is 6.04 Å². The number of aryl methyl sites for hydroxylation is 1. The van der Waals surface area contributed by atoms with Crippen molar-refractivity contribution in [2.24, 2.45) is 5.73 Å². The summed E-state index contributed by atoms with van der Waals surface area (Å²) in [6.07, 6.45) is 3.72. The number of hydrogen-bond donors (Lipinski definition) is 1. The lowest BCUT2D eigenvalue weighted by molar-refractivity contribution is 0.0719. The van der Waals surface area contributed by atoms with E-state index in [-0.39, 0.29) is 17.4 Å². The molecule has 19 heavy (non-hydrogen) atoms. The minimum absolute atomic E-state index is 0.191. The highest BCUT2D eigenvalue weighted by Crippen LogP contribution is 2.32. The summed E-state index contributed by atoms with van der Waals surface area (Å²) in [6.45, 7) is 8.36. The van der Waals surface area contributed by atoms with Gasteiger partial charge < -0.3 is 5.73 Å². The molecule has 1 aliphatic heterocycles. The van der Waals surface area contributed by atoms with Crippen molar-refractivity contribution in [3.8, 4) is 0 Å². The number of hydrogen-bond acceptors (Lipinski definition) is 2. The second kappa shape index (κ2) is 5.59. The summed E-state index contributed by atoms with van der Waals surface area (Å²) in [5.41, 5.74) is 7.87. The highest BCUT2D eigenvalue weighted by Gasteiger charge is 2.35. The quantitative estimate of drug-likeness (QED) is 0.906. The van der Waals surface area contributed by atoms with Crippen molar-refractivity contribution in [3.63, 3.8) is 0 Å². The predicted octanol–water partition coefficient (Wildman–Crippen LogP) is 3.40. The molecule has 3 heteroatoms. The van der Waals surface area contributed by atoms with Gasteiger partial charge in [-0.1, -0.05) is 24.1 Å². The maximum atomic E-state index is 14.0. The van der Waals surface area contributed by atoms with Crippen LogP contribution < -0.4 is 5.73 Å². The van der Waals surface area contributed by atoms with Gasteiger partial charge in [0, 0.05) is 11.1 Å². The smallest absolute Gasteiger partial charge is 0.128 e. The van der Waals surface area contributed by atoms with Gasteiger partial charge in [0.25, 0.3) is 0 Å². The van der Waals surface area contributed by atoms with Crippen molar-refractivity contribution in [1.29, 1.82) is 0 Å². The third-order valence-electron chi connectivity index (χ3n) is 4.42. The van der Waals surface area contributed by atoms with Crippen LogP contribution in [0.2, 0.25) is 0 Å². The minimum atomic E-state index is -0.300. The van der Waals surface area contributed by atoms with Crippen LogP contribution >= 0.6 is 0 Å². The first-order valence-electron chi connectivity index (χ1n) is 7.19. The average molecular weight is 264 g/mol. The third-order valence-corrected chi connectivity index (χ3v) is 4.42. The minimum Gasteiger partial charge on any atom is -0.322 e. The van der Waals surface area contributed by atoms with Crippen LogP contribution in [0.4, 0.5) is 4.39 Å². The van der Waals surface area contributed by atoms with E-state index >= 15 is 0 Å². The van der Waals surface area contributed by atoms with Gasteiger partial charge in [-0.3, -0.25) is 4.90 Å². The van der Waals surface area contributed by atoms with Crippen LogP contribution in [0.25, 0.3) is 0 Å². The summed E-state index contributed by atoms with van der Waals surface area (Å²) in [7, 11) is 0. The normalized spacial score (nSPS) is 19.4. The summed E-state index contributed by atoms with van der Waals surface area (Å²) in [5.74, 6) is -0.191. The Hall–Kier alpha value is -0.930. The zero-order chi connectivity index (χ0) is 14.0. The molecule has 0 radical (unpaired) electrons. The van der Waals surface area contributed by atoms with Gasteiger partial charge in [-0.25, -0.2) is 4.39 Å². The largest absolute Gasteiger partial charge is 0.322 e. The summed E-state index contributed by atoms with van der Waals surface area (Å²) in [5, 5.41) is 0. The zero-order valence-electron chi connectivity index (χ0n) is 12.2. The van der Waals surface area contributed by atoms with Crippen molar-refractivity contribution < 1.29 is 4.39 Å². The molecule has 1 fully saturated rings. The van der Waals surface area contributed by atoms with Crippen LogP contribution in [0.5, 0.6) is 0 Å². The van der Waals surface area contributed by atoms with Crippen molar-refractivity contribution in [2.45, 2.75) is 51.6 Å². The number of benzene rings is 1. The Bertz CT molecular complexity index is 436. The highest BCUT2D eigenvalue weighted by molar-refractivity contribution is 5.29. The molecule has 106 valence electrons. The monoisotopic (exact) mass is 264 g/mol. The molecule has 1 saturated heterocycles.